The Kier molecular flexibility index (Phi) is 4.64. The van der Waals surface area contributed by atoms with Crippen LogP contribution in [0.5, 0.6) is 0 Å². The van der Waals surface area contributed by atoms with Gasteiger partial charge in [0.05, 0.1) is 24.1 Å². The number of H-pyrrole nitrogens is 1. The molecule has 8 heteroatoms. The van der Waals surface area contributed by atoms with Crippen LogP contribution in [0.15, 0.2) is 41.5 Å². The van der Waals surface area contributed by atoms with Gasteiger partial charge in [-0.05, 0) is 55.6 Å². The second kappa shape index (κ2) is 7.69. The number of aromatic nitrogens is 4. The summed E-state index contributed by atoms with van der Waals surface area (Å²) in [5.74, 6) is 1.52. The van der Waals surface area contributed by atoms with E-state index in [0.29, 0.717) is 40.4 Å². The number of rotatable bonds is 4. The predicted octanol–water partition coefficient (Wildman–Crippen LogP) is 6.21. The lowest BCUT2D eigenvalue weighted by Gasteiger charge is -2.47. The summed E-state index contributed by atoms with van der Waals surface area (Å²) < 4.78 is 21.5. The first-order valence-electron chi connectivity index (χ1n) is 11.3. The van der Waals surface area contributed by atoms with Gasteiger partial charge in [0.25, 0.3) is 0 Å². The Morgan fingerprint density at radius 3 is 2.79 bits per heavy atom. The van der Waals surface area contributed by atoms with Crippen LogP contribution in [0.1, 0.15) is 32.6 Å². The van der Waals surface area contributed by atoms with Crippen molar-refractivity contribution in [2.75, 3.05) is 5.32 Å². The van der Waals surface area contributed by atoms with E-state index in [1.807, 2.05) is 0 Å². The normalized spacial score (nSPS) is 24.2. The Balaban J connectivity index is 1.55. The number of fused-ring (bicyclic) bond motifs is 4. The zero-order valence-corrected chi connectivity index (χ0v) is 18.2. The minimum atomic E-state index is -0.551. The van der Waals surface area contributed by atoms with Crippen LogP contribution in [0.4, 0.5) is 15.9 Å². The Morgan fingerprint density at radius 1 is 1.24 bits per heavy atom. The molecule has 166 valence electrons. The molecule has 0 spiro atoms. The zero-order chi connectivity index (χ0) is 22.5. The van der Waals surface area contributed by atoms with Gasteiger partial charge in [-0.25, -0.2) is 24.2 Å². The van der Waals surface area contributed by atoms with Crippen LogP contribution in [-0.4, -0.2) is 26.0 Å². The van der Waals surface area contributed by atoms with Crippen LogP contribution in [0.2, 0.25) is 0 Å². The molecular formula is C25H23FN6O. The van der Waals surface area contributed by atoms with E-state index in [2.05, 4.69) is 32.0 Å². The van der Waals surface area contributed by atoms with Gasteiger partial charge in [-0.15, -0.1) is 0 Å². The Morgan fingerprint density at radius 2 is 2.06 bits per heavy atom. The largest absolute Gasteiger partial charge is 0.466 e. The highest BCUT2D eigenvalue weighted by Crippen LogP contribution is 2.48. The number of nitrogens with zero attached hydrogens (tertiary/aromatic N) is 4. The molecule has 2 N–H and O–H groups in total. The van der Waals surface area contributed by atoms with Crippen LogP contribution >= 0.6 is 0 Å². The van der Waals surface area contributed by atoms with E-state index in [1.54, 1.807) is 24.5 Å². The molecule has 4 aromatic heterocycles. The monoisotopic (exact) mass is 442 g/mol. The number of furan rings is 1. The summed E-state index contributed by atoms with van der Waals surface area (Å²) in [7, 11) is 0. The zero-order valence-electron chi connectivity index (χ0n) is 18.2. The second-order valence-corrected chi connectivity index (χ2v) is 9.13. The van der Waals surface area contributed by atoms with E-state index in [9.17, 15) is 0 Å². The summed E-state index contributed by atoms with van der Waals surface area (Å²) in [5.41, 5.74) is 1.91. The van der Waals surface area contributed by atoms with Crippen molar-refractivity contribution in [1.82, 2.24) is 19.9 Å². The van der Waals surface area contributed by atoms with Gasteiger partial charge in [-0.3, -0.25) is 0 Å². The fraction of sp³-hybridized carbons (Fsp3) is 0.360. The average molecular weight is 442 g/mol. The lowest BCUT2D eigenvalue weighted by Crippen LogP contribution is -2.47. The number of halogens is 1. The molecule has 0 aromatic carbocycles. The number of anilines is 1. The molecule has 4 aromatic rings. The number of hydrogen-bond donors (Lipinski definition) is 2. The summed E-state index contributed by atoms with van der Waals surface area (Å²) in [6.07, 6.45) is 11.2. The Labute approximate surface area is 190 Å². The summed E-state index contributed by atoms with van der Waals surface area (Å²) in [4.78, 5) is 19.9. The molecule has 7 rings (SSSR count). The maximum Gasteiger partial charge on any atom is 0.226 e. The lowest BCUT2D eigenvalue weighted by atomic mass is 9.62. The first kappa shape index (κ1) is 19.9. The van der Waals surface area contributed by atoms with Gasteiger partial charge in [-0.1, -0.05) is 6.92 Å². The maximum atomic E-state index is 16.0. The van der Waals surface area contributed by atoms with E-state index in [-0.39, 0.29) is 23.1 Å². The fourth-order valence-electron chi connectivity index (χ4n) is 5.81. The van der Waals surface area contributed by atoms with E-state index in [4.69, 9.17) is 16.0 Å². The van der Waals surface area contributed by atoms with Crippen LogP contribution in [0.3, 0.4) is 0 Å². The molecule has 3 aliphatic rings. The molecule has 3 saturated carbocycles. The summed E-state index contributed by atoms with van der Waals surface area (Å²) in [6.45, 7) is 10.1. The lowest BCUT2D eigenvalue weighted by molar-refractivity contribution is 0.0926. The van der Waals surface area contributed by atoms with Crippen molar-refractivity contribution >= 4 is 22.5 Å². The van der Waals surface area contributed by atoms with Gasteiger partial charge in [0.1, 0.15) is 17.7 Å². The van der Waals surface area contributed by atoms with Crippen molar-refractivity contribution in [3.8, 4) is 22.6 Å². The van der Waals surface area contributed by atoms with E-state index < -0.39 is 5.82 Å². The van der Waals surface area contributed by atoms with Crippen LogP contribution in [0.25, 0.3) is 38.5 Å². The van der Waals surface area contributed by atoms with Crippen LogP contribution < -0.4 is 5.32 Å². The van der Waals surface area contributed by atoms with Gasteiger partial charge in [0, 0.05) is 29.4 Å². The molecule has 3 aliphatic carbocycles. The highest BCUT2D eigenvalue weighted by molar-refractivity contribution is 5.99. The molecule has 0 saturated heterocycles. The van der Waals surface area contributed by atoms with Gasteiger partial charge in [-0.2, -0.15) is 0 Å². The van der Waals surface area contributed by atoms with Gasteiger partial charge in [0.2, 0.25) is 5.69 Å². The van der Waals surface area contributed by atoms with Gasteiger partial charge in [0.15, 0.2) is 11.6 Å². The van der Waals surface area contributed by atoms with Crippen molar-refractivity contribution in [2.24, 2.45) is 17.8 Å². The van der Waals surface area contributed by atoms with Crippen molar-refractivity contribution < 1.29 is 8.81 Å². The first-order valence-corrected chi connectivity index (χ1v) is 11.3. The van der Waals surface area contributed by atoms with Crippen LogP contribution in [-0.2, 0) is 0 Å². The van der Waals surface area contributed by atoms with Crippen molar-refractivity contribution in [2.45, 2.75) is 38.6 Å². The third kappa shape index (κ3) is 3.10. The van der Waals surface area contributed by atoms with E-state index >= 15 is 4.39 Å². The topological polar surface area (TPSA) is 84.0 Å². The van der Waals surface area contributed by atoms with Crippen LogP contribution in [0, 0.1) is 30.1 Å². The predicted molar refractivity (Wildman–Crippen MR) is 123 cm³/mol. The van der Waals surface area contributed by atoms with Gasteiger partial charge >= 0.3 is 0 Å². The summed E-state index contributed by atoms with van der Waals surface area (Å²) in [5, 5.41) is 4.19. The SMILES string of the molecule is [C-]#[N+]c1c(-c2c[nH]c3ncncc23)nc(N[C@@H]2C3CCC(CC3)[C@H]2C)c(F)c1-c1ccco1. The molecule has 3 fully saturated rings. The smallest absolute Gasteiger partial charge is 0.226 e. The summed E-state index contributed by atoms with van der Waals surface area (Å²) in [6, 6.07) is 3.52. The molecule has 7 nitrogen and oxygen atoms in total. The number of hydrogen-bond acceptors (Lipinski definition) is 5. The molecule has 0 aliphatic heterocycles. The van der Waals surface area contributed by atoms with Crippen molar-refractivity contribution in [3.63, 3.8) is 0 Å². The first-order chi connectivity index (χ1) is 16.2. The Bertz CT molecular complexity index is 1360. The van der Waals surface area contributed by atoms with Crippen molar-refractivity contribution in [3.05, 3.63) is 54.4 Å². The summed E-state index contributed by atoms with van der Waals surface area (Å²) >= 11 is 0. The minimum Gasteiger partial charge on any atom is -0.466 e. The standard InChI is InChI=1S/C25H23FN6O/c1-13-14-5-7-15(8-6-14)21(13)31-25-20(26)19(18-4-3-9-33-18)23(27-2)22(32-25)16-11-29-24-17(16)10-28-12-30-24/h3-4,9-15,21H,5-8H2,1H3,(H,31,32)(H,28,29,30)/t13-,14?,15?,21+/m1/s1. The molecule has 0 amide bonds. The van der Waals surface area contributed by atoms with E-state index in [1.165, 1.54) is 25.4 Å². The molecule has 4 heterocycles. The Hall–Kier alpha value is -3.73. The number of aromatic amines is 1. The number of pyridine rings is 1. The second-order valence-electron chi connectivity index (χ2n) is 9.13. The molecular weight excluding hydrogens is 419 g/mol. The highest BCUT2D eigenvalue weighted by atomic mass is 19.1. The third-order valence-corrected chi connectivity index (χ3v) is 7.54. The third-order valence-electron chi connectivity index (χ3n) is 7.54. The van der Waals surface area contributed by atoms with E-state index in [0.717, 1.165) is 18.2 Å². The molecule has 0 unspecified atom stereocenters. The molecule has 33 heavy (non-hydrogen) atoms. The molecule has 2 atom stereocenters. The quantitative estimate of drug-likeness (QED) is 0.367. The maximum absolute atomic E-state index is 16.0. The molecule has 0 radical (unpaired) electrons. The average Bonchev–Trinajstić information content (AvgIpc) is 3.52. The number of nitrogens with one attached hydrogen (secondary N) is 2. The molecule has 2 bridgehead atoms. The minimum absolute atomic E-state index is 0.107. The van der Waals surface area contributed by atoms with Gasteiger partial charge < -0.3 is 14.7 Å². The van der Waals surface area contributed by atoms with Crippen molar-refractivity contribution in [1.29, 1.82) is 0 Å². The highest BCUT2D eigenvalue weighted by Gasteiger charge is 2.42. The fourth-order valence-corrected chi connectivity index (χ4v) is 5.81.